The summed E-state index contributed by atoms with van der Waals surface area (Å²) in [6.45, 7) is 6.15. The molecule has 2 aromatic carbocycles. The predicted molar refractivity (Wildman–Crippen MR) is 93.1 cm³/mol. The fourth-order valence-electron chi connectivity index (χ4n) is 2.51. The normalized spacial score (nSPS) is 11.3. The van der Waals surface area contributed by atoms with Gasteiger partial charge in [-0.1, -0.05) is 35.9 Å². The van der Waals surface area contributed by atoms with Gasteiger partial charge in [-0.15, -0.1) is 0 Å². The van der Waals surface area contributed by atoms with Gasteiger partial charge in [0.1, 0.15) is 11.6 Å². The van der Waals surface area contributed by atoms with Crippen LogP contribution in [0.2, 0.25) is 0 Å². The predicted octanol–water partition coefficient (Wildman–Crippen LogP) is 5.11. The van der Waals surface area contributed by atoms with E-state index in [1.165, 1.54) is 17.7 Å². The van der Waals surface area contributed by atoms with Crippen LogP contribution in [0.5, 0.6) is 0 Å². The number of nitrogens with zero attached hydrogens (tertiary/aromatic N) is 2. The van der Waals surface area contributed by atoms with Crippen molar-refractivity contribution in [1.29, 1.82) is 0 Å². The molecule has 116 valence electrons. The fourth-order valence-corrected chi connectivity index (χ4v) is 2.51. The molecule has 1 heterocycles. The third kappa shape index (κ3) is 3.24. The molecule has 3 rings (SSSR count). The number of aryl methyl sites for hydroxylation is 2. The Morgan fingerprint density at radius 1 is 0.870 bits per heavy atom. The van der Waals surface area contributed by atoms with Crippen LogP contribution in [0.3, 0.4) is 0 Å². The average molecular weight is 306 g/mol. The first kappa shape index (κ1) is 15.2. The molecule has 0 N–H and O–H groups in total. The lowest BCUT2D eigenvalue weighted by Crippen LogP contribution is -1.99. The van der Waals surface area contributed by atoms with Crippen LogP contribution in [-0.2, 0) is 0 Å². The lowest BCUT2D eigenvalue weighted by molar-refractivity contribution is 0.628. The van der Waals surface area contributed by atoms with Crippen LogP contribution < -0.4 is 0 Å². The van der Waals surface area contributed by atoms with E-state index in [4.69, 9.17) is 0 Å². The van der Waals surface area contributed by atoms with Gasteiger partial charge in [0, 0.05) is 11.4 Å². The average Bonchev–Trinajstić information content (AvgIpc) is 2.83. The van der Waals surface area contributed by atoms with E-state index in [9.17, 15) is 4.39 Å². The van der Waals surface area contributed by atoms with E-state index in [0.29, 0.717) is 0 Å². The van der Waals surface area contributed by atoms with Gasteiger partial charge in [0.25, 0.3) is 0 Å². The number of benzene rings is 2. The number of hydrogen-bond acceptors (Lipinski definition) is 1. The first-order chi connectivity index (χ1) is 11.0. The Balaban J connectivity index is 2.01. The summed E-state index contributed by atoms with van der Waals surface area (Å²) in [5, 5.41) is 0. The highest BCUT2D eigenvalue weighted by molar-refractivity contribution is 5.68. The van der Waals surface area contributed by atoms with Crippen LogP contribution in [0.1, 0.15) is 28.3 Å². The summed E-state index contributed by atoms with van der Waals surface area (Å²) in [4.78, 5) is 4.64. The van der Waals surface area contributed by atoms with E-state index < -0.39 is 0 Å². The maximum absolute atomic E-state index is 13.0. The molecule has 1 aromatic heterocycles. The van der Waals surface area contributed by atoms with Crippen LogP contribution in [0, 0.1) is 26.6 Å². The molecule has 0 aliphatic heterocycles. The molecule has 0 saturated heterocycles. The number of imidazole rings is 1. The summed E-state index contributed by atoms with van der Waals surface area (Å²) in [6, 6.07) is 14.8. The maximum Gasteiger partial charge on any atom is 0.137 e. The molecule has 0 spiro atoms. The molecule has 3 heteroatoms. The molecule has 2 nitrogen and oxygen atoms in total. The molecule has 0 unspecified atom stereocenters. The van der Waals surface area contributed by atoms with Gasteiger partial charge in [0.15, 0.2) is 0 Å². The molecule has 0 aliphatic carbocycles. The van der Waals surface area contributed by atoms with E-state index in [0.717, 1.165) is 28.5 Å². The lowest BCUT2D eigenvalue weighted by atomic mass is 10.2. The van der Waals surface area contributed by atoms with E-state index in [2.05, 4.69) is 47.7 Å². The zero-order valence-corrected chi connectivity index (χ0v) is 13.5. The van der Waals surface area contributed by atoms with Crippen LogP contribution >= 0.6 is 0 Å². The summed E-state index contributed by atoms with van der Waals surface area (Å²) in [5.41, 5.74) is 5.39. The zero-order valence-electron chi connectivity index (χ0n) is 13.5. The highest BCUT2D eigenvalue weighted by Crippen LogP contribution is 2.20. The van der Waals surface area contributed by atoms with Crippen LogP contribution in [0.4, 0.5) is 4.39 Å². The van der Waals surface area contributed by atoms with Crippen LogP contribution in [0.25, 0.3) is 17.8 Å². The second-order valence-corrected chi connectivity index (χ2v) is 5.70. The van der Waals surface area contributed by atoms with Crippen molar-refractivity contribution in [3.05, 3.63) is 82.7 Å². The fraction of sp³-hybridized carbons (Fsp3) is 0.150. The van der Waals surface area contributed by atoms with Crippen molar-refractivity contribution < 1.29 is 4.39 Å². The molecule has 0 saturated carbocycles. The summed E-state index contributed by atoms with van der Waals surface area (Å²) < 4.78 is 15.1. The third-order valence-electron chi connectivity index (χ3n) is 3.96. The monoisotopic (exact) mass is 306 g/mol. The molecular formula is C20H19FN2. The summed E-state index contributed by atoms with van der Waals surface area (Å²) in [6.07, 6.45) is 3.92. The Labute approximate surface area is 135 Å². The van der Waals surface area contributed by atoms with Crippen molar-refractivity contribution in [3.63, 3.8) is 0 Å². The SMILES string of the molecule is Cc1ccc(-n2c(C=Cc3ccc(F)cc3)nc(C)c2C)cc1. The van der Waals surface area contributed by atoms with Gasteiger partial charge < -0.3 is 0 Å². The second kappa shape index (κ2) is 6.21. The molecule has 3 aromatic rings. The molecule has 0 radical (unpaired) electrons. The van der Waals surface area contributed by atoms with Crippen molar-refractivity contribution in [3.8, 4) is 5.69 Å². The van der Waals surface area contributed by atoms with Gasteiger partial charge in [-0.25, -0.2) is 9.37 Å². The smallest absolute Gasteiger partial charge is 0.137 e. The summed E-state index contributed by atoms with van der Waals surface area (Å²) in [7, 11) is 0. The van der Waals surface area contributed by atoms with Gasteiger partial charge in [-0.05, 0) is 56.7 Å². The highest BCUT2D eigenvalue weighted by Gasteiger charge is 2.10. The van der Waals surface area contributed by atoms with Gasteiger partial charge in [0.05, 0.1) is 5.69 Å². The maximum atomic E-state index is 13.0. The Morgan fingerprint density at radius 3 is 2.17 bits per heavy atom. The summed E-state index contributed by atoms with van der Waals surface area (Å²) >= 11 is 0. The Kier molecular flexibility index (Phi) is 4.11. The van der Waals surface area contributed by atoms with Crippen molar-refractivity contribution in [2.75, 3.05) is 0 Å². The zero-order chi connectivity index (χ0) is 16.4. The Morgan fingerprint density at radius 2 is 1.52 bits per heavy atom. The largest absolute Gasteiger partial charge is 0.297 e. The number of halogens is 1. The number of hydrogen-bond donors (Lipinski definition) is 0. The minimum absolute atomic E-state index is 0.227. The van der Waals surface area contributed by atoms with Crippen LogP contribution in [0.15, 0.2) is 48.5 Å². The third-order valence-corrected chi connectivity index (χ3v) is 3.96. The molecule has 0 atom stereocenters. The molecular weight excluding hydrogens is 287 g/mol. The minimum atomic E-state index is -0.227. The molecule has 0 amide bonds. The molecule has 23 heavy (non-hydrogen) atoms. The van der Waals surface area contributed by atoms with Crippen LogP contribution in [-0.4, -0.2) is 9.55 Å². The Hall–Kier alpha value is -2.68. The summed E-state index contributed by atoms with van der Waals surface area (Å²) in [5.74, 6) is 0.642. The van der Waals surface area contributed by atoms with Gasteiger partial charge >= 0.3 is 0 Å². The Bertz CT molecular complexity index is 841. The van der Waals surface area contributed by atoms with Crippen molar-refractivity contribution in [2.45, 2.75) is 20.8 Å². The standard InChI is InChI=1S/C20H19FN2/c1-14-4-11-19(12-5-14)23-16(3)15(2)22-20(23)13-8-17-6-9-18(21)10-7-17/h4-13H,1-3H3. The van der Waals surface area contributed by atoms with E-state index >= 15 is 0 Å². The highest BCUT2D eigenvalue weighted by atomic mass is 19.1. The molecule has 0 fully saturated rings. The van der Waals surface area contributed by atoms with Crippen molar-refractivity contribution >= 4 is 12.2 Å². The minimum Gasteiger partial charge on any atom is -0.297 e. The number of rotatable bonds is 3. The first-order valence-electron chi connectivity index (χ1n) is 7.61. The van der Waals surface area contributed by atoms with Gasteiger partial charge in [-0.3, -0.25) is 4.57 Å². The lowest BCUT2D eigenvalue weighted by Gasteiger charge is -2.08. The van der Waals surface area contributed by atoms with E-state index in [-0.39, 0.29) is 5.82 Å². The molecule has 0 bridgehead atoms. The molecule has 0 aliphatic rings. The topological polar surface area (TPSA) is 17.8 Å². The van der Waals surface area contributed by atoms with Gasteiger partial charge in [0.2, 0.25) is 0 Å². The quantitative estimate of drug-likeness (QED) is 0.657. The van der Waals surface area contributed by atoms with Gasteiger partial charge in [-0.2, -0.15) is 0 Å². The first-order valence-corrected chi connectivity index (χ1v) is 7.61. The second-order valence-electron chi connectivity index (χ2n) is 5.70. The van der Waals surface area contributed by atoms with Crippen molar-refractivity contribution in [2.24, 2.45) is 0 Å². The van der Waals surface area contributed by atoms with E-state index in [1.807, 2.05) is 19.1 Å². The number of aromatic nitrogens is 2. The van der Waals surface area contributed by atoms with E-state index in [1.54, 1.807) is 12.1 Å². The van der Waals surface area contributed by atoms with Crippen molar-refractivity contribution in [1.82, 2.24) is 9.55 Å².